The van der Waals surface area contributed by atoms with Gasteiger partial charge in [-0.15, -0.1) is 0 Å². The summed E-state index contributed by atoms with van der Waals surface area (Å²) >= 11 is 0. The van der Waals surface area contributed by atoms with Gasteiger partial charge in [0.05, 0.1) is 16.7 Å². The minimum atomic E-state index is -0.787. The van der Waals surface area contributed by atoms with Crippen molar-refractivity contribution in [3.8, 4) is 0 Å². The third-order valence-corrected chi connectivity index (χ3v) is 6.61. The van der Waals surface area contributed by atoms with E-state index in [1.54, 1.807) is 0 Å². The molecular formula is C26H39FN2O4. The van der Waals surface area contributed by atoms with Gasteiger partial charge >= 0.3 is 11.9 Å². The molecule has 6 nitrogen and oxygen atoms in total. The van der Waals surface area contributed by atoms with E-state index < -0.39 is 23.3 Å². The Morgan fingerprint density at radius 1 is 0.879 bits per heavy atom. The molecule has 3 rings (SSSR count). The van der Waals surface area contributed by atoms with Crippen LogP contribution >= 0.6 is 0 Å². The van der Waals surface area contributed by atoms with E-state index in [-0.39, 0.29) is 40.0 Å². The number of esters is 2. The van der Waals surface area contributed by atoms with Gasteiger partial charge in [-0.3, -0.25) is 0 Å². The molecule has 0 saturated carbocycles. The predicted octanol–water partition coefficient (Wildman–Crippen LogP) is 4.76. The fourth-order valence-electron chi connectivity index (χ4n) is 5.45. The highest BCUT2D eigenvalue weighted by Crippen LogP contribution is 2.33. The molecule has 0 radical (unpaired) electrons. The summed E-state index contributed by atoms with van der Waals surface area (Å²) in [6.45, 7) is 16.5. The molecular weight excluding hydrogens is 423 g/mol. The monoisotopic (exact) mass is 462 g/mol. The number of rotatable bonds is 4. The van der Waals surface area contributed by atoms with E-state index in [1.165, 1.54) is 12.1 Å². The molecule has 2 aliphatic rings. The fraction of sp³-hybridized carbons (Fsp3) is 0.692. The van der Waals surface area contributed by atoms with Crippen molar-refractivity contribution in [3.05, 3.63) is 35.1 Å². The highest BCUT2D eigenvalue weighted by atomic mass is 19.1. The smallest absolute Gasteiger partial charge is 0.341 e. The molecule has 1 aromatic carbocycles. The summed E-state index contributed by atoms with van der Waals surface area (Å²) in [6, 6.07) is 3.78. The Labute approximate surface area is 197 Å². The Balaban J connectivity index is 1.68. The molecule has 2 heterocycles. The van der Waals surface area contributed by atoms with E-state index in [1.807, 2.05) is 13.8 Å². The molecule has 0 aromatic heterocycles. The Bertz CT molecular complexity index is 923. The van der Waals surface area contributed by atoms with Crippen molar-refractivity contribution in [2.45, 2.75) is 115 Å². The van der Waals surface area contributed by atoms with Crippen molar-refractivity contribution >= 4 is 11.9 Å². The summed E-state index contributed by atoms with van der Waals surface area (Å²) < 4.78 is 26.2. The first-order valence-electron chi connectivity index (χ1n) is 11.8. The van der Waals surface area contributed by atoms with E-state index in [2.05, 4.69) is 52.2 Å². The van der Waals surface area contributed by atoms with Gasteiger partial charge in [0, 0.05) is 29.5 Å². The maximum Gasteiger partial charge on any atom is 0.341 e. The summed E-state index contributed by atoms with van der Waals surface area (Å²) in [4.78, 5) is 25.4. The van der Waals surface area contributed by atoms with E-state index in [4.69, 9.17) is 9.47 Å². The molecule has 33 heavy (non-hydrogen) atoms. The Morgan fingerprint density at radius 3 is 2.09 bits per heavy atom. The van der Waals surface area contributed by atoms with Gasteiger partial charge in [-0.2, -0.15) is 0 Å². The topological polar surface area (TPSA) is 76.7 Å². The number of nitrogens with one attached hydrogen (secondary N) is 2. The van der Waals surface area contributed by atoms with Crippen molar-refractivity contribution < 1.29 is 23.5 Å². The van der Waals surface area contributed by atoms with Crippen LogP contribution < -0.4 is 10.6 Å². The number of hydrogen-bond donors (Lipinski definition) is 2. The number of hydrogen-bond acceptors (Lipinski definition) is 6. The van der Waals surface area contributed by atoms with Gasteiger partial charge in [0.1, 0.15) is 18.0 Å². The Hall–Kier alpha value is -1.99. The predicted molar refractivity (Wildman–Crippen MR) is 126 cm³/mol. The number of carbonyl (C=O) groups is 2. The zero-order valence-corrected chi connectivity index (χ0v) is 21.2. The van der Waals surface area contributed by atoms with E-state index >= 15 is 0 Å². The summed E-state index contributed by atoms with van der Waals surface area (Å²) in [5, 5.41) is 7.04. The van der Waals surface area contributed by atoms with E-state index in [0.717, 1.165) is 12.5 Å². The van der Waals surface area contributed by atoms with Crippen molar-refractivity contribution in [2.24, 2.45) is 0 Å². The van der Waals surface area contributed by atoms with E-state index in [9.17, 15) is 14.0 Å². The molecule has 0 aliphatic carbocycles. The fourth-order valence-corrected chi connectivity index (χ4v) is 5.45. The first kappa shape index (κ1) is 25.6. The third kappa shape index (κ3) is 6.33. The minimum absolute atomic E-state index is 0.0729. The van der Waals surface area contributed by atoms with Crippen LogP contribution in [0.3, 0.4) is 0 Å². The number of benzene rings is 1. The lowest BCUT2D eigenvalue weighted by molar-refractivity contribution is 0.0167. The zero-order chi connectivity index (χ0) is 24.8. The minimum Gasteiger partial charge on any atom is -0.459 e. The number of ether oxygens (including phenoxy) is 2. The summed E-state index contributed by atoms with van der Waals surface area (Å²) in [7, 11) is 0. The molecule has 0 spiro atoms. The molecule has 2 atom stereocenters. The lowest BCUT2D eigenvalue weighted by Gasteiger charge is -2.34. The molecule has 2 N–H and O–H groups in total. The Morgan fingerprint density at radius 2 is 1.52 bits per heavy atom. The second-order valence-electron chi connectivity index (χ2n) is 12.2. The zero-order valence-electron chi connectivity index (χ0n) is 21.2. The lowest BCUT2D eigenvalue weighted by atomic mass is 9.96. The second kappa shape index (κ2) is 8.66. The van der Waals surface area contributed by atoms with Crippen molar-refractivity contribution in [2.75, 3.05) is 0 Å². The van der Waals surface area contributed by atoms with Gasteiger partial charge in [0.15, 0.2) is 0 Å². The van der Waals surface area contributed by atoms with Gasteiger partial charge in [0.25, 0.3) is 0 Å². The standard InChI is InChI=1S/C26H39FN2O4/c1-23(2)12-11-17(14-24(3,4)28-23)32-22(31)18-10-9-16(13-19(18)27)21(30)33-20-15-25(5,6)29-26(20,7)8/h9-10,13,17,20,28-29H,11-12,14-15H2,1-8H3. The van der Waals surface area contributed by atoms with Crippen LogP contribution in [0.1, 0.15) is 102 Å². The molecule has 2 aliphatic heterocycles. The first-order chi connectivity index (χ1) is 15.0. The summed E-state index contributed by atoms with van der Waals surface area (Å²) in [5.74, 6) is -2.11. The quantitative estimate of drug-likeness (QED) is 0.629. The van der Waals surface area contributed by atoms with Gasteiger partial charge < -0.3 is 20.1 Å². The van der Waals surface area contributed by atoms with Crippen LogP contribution in [-0.2, 0) is 9.47 Å². The molecule has 7 heteroatoms. The SMILES string of the molecule is CC1(C)CCC(OC(=O)c2ccc(C(=O)OC3CC(C)(C)NC3(C)C)cc2F)CC(C)(C)N1. The van der Waals surface area contributed by atoms with Crippen LogP contribution in [0.4, 0.5) is 4.39 Å². The molecule has 2 saturated heterocycles. The molecule has 0 bridgehead atoms. The van der Waals surface area contributed by atoms with Crippen molar-refractivity contribution in [3.63, 3.8) is 0 Å². The Kier molecular flexibility index (Phi) is 6.72. The van der Waals surface area contributed by atoms with Crippen LogP contribution in [0, 0.1) is 5.82 Å². The highest BCUT2D eigenvalue weighted by molar-refractivity contribution is 5.93. The number of halogens is 1. The molecule has 0 amide bonds. The largest absolute Gasteiger partial charge is 0.459 e. The van der Waals surface area contributed by atoms with Gasteiger partial charge in [0.2, 0.25) is 0 Å². The first-order valence-corrected chi connectivity index (χ1v) is 11.8. The molecule has 1 aromatic rings. The lowest BCUT2D eigenvalue weighted by Crippen LogP contribution is -2.50. The second-order valence-corrected chi connectivity index (χ2v) is 12.2. The summed E-state index contributed by atoms with van der Waals surface area (Å²) in [5.41, 5.74) is -0.941. The molecule has 184 valence electrons. The van der Waals surface area contributed by atoms with Crippen LogP contribution in [-0.4, -0.2) is 46.3 Å². The maximum absolute atomic E-state index is 14.8. The van der Waals surface area contributed by atoms with Gasteiger partial charge in [-0.1, -0.05) is 0 Å². The molecule has 2 fully saturated rings. The molecule has 2 unspecified atom stereocenters. The van der Waals surface area contributed by atoms with Crippen molar-refractivity contribution in [1.82, 2.24) is 10.6 Å². The van der Waals surface area contributed by atoms with Crippen LogP contribution in [0.2, 0.25) is 0 Å². The third-order valence-electron chi connectivity index (χ3n) is 6.61. The van der Waals surface area contributed by atoms with Crippen LogP contribution in [0.15, 0.2) is 18.2 Å². The summed E-state index contributed by atoms with van der Waals surface area (Å²) in [6.07, 6.45) is 2.17. The maximum atomic E-state index is 14.8. The number of carbonyl (C=O) groups excluding carboxylic acids is 2. The van der Waals surface area contributed by atoms with Crippen molar-refractivity contribution in [1.29, 1.82) is 0 Å². The normalized spacial score (nSPS) is 27.4. The van der Waals surface area contributed by atoms with Gasteiger partial charge in [-0.05, 0) is 86.4 Å². The van der Waals surface area contributed by atoms with Crippen LogP contribution in [0.5, 0.6) is 0 Å². The van der Waals surface area contributed by atoms with Gasteiger partial charge in [-0.25, -0.2) is 14.0 Å². The average molecular weight is 463 g/mol. The van der Waals surface area contributed by atoms with Crippen LogP contribution in [0.25, 0.3) is 0 Å². The van der Waals surface area contributed by atoms with E-state index in [0.29, 0.717) is 19.3 Å². The highest BCUT2D eigenvalue weighted by Gasteiger charge is 2.46. The average Bonchev–Trinajstić information content (AvgIpc) is 2.76.